The van der Waals surface area contributed by atoms with Gasteiger partial charge < -0.3 is 20.1 Å². The Morgan fingerprint density at radius 1 is 1.10 bits per heavy atom. The molecule has 0 radical (unpaired) electrons. The molecule has 156 valence electrons. The maximum atomic E-state index is 5.87. The van der Waals surface area contributed by atoms with Crippen molar-refractivity contribution < 1.29 is 9.47 Å². The molecule has 3 rings (SSSR count). The summed E-state index contributed by atoms with van der Waals surface area (Å²) in [5.74, 6) is 2.73. The molecule has 1 aliphatic carbocycles. The largest absolute Gasteiger partial charge is 0.490 e. The second-order valence-corrected chi connectivity index (χ2v) is 6.47. The third-order valence-corrected chi connectivity index (χ3v) is 4.27. The van der Waals surface area contributed by atoms with E-state index in [2.05, 4.69) is 39.7 Å². The first kappa shape index (κ1) is 23.0. The van der Waals surface area contributed by atoms with E-state index < -0.39 is 0 Å². The lowest BCUT2D eigenvalue weighted by atomic mass is 10.2. The van der Waals surface area contributed by atoms with Crippen molar-refractivity contribution in [3.63, 3.8) is 0 Å². The van der Waals surface area contributed by atoms with Crippen LogP contribution in [0.2, 0.25) is 0 Å². The number of pyridine rings is 1. The third kappa shape index (κ3) is 7.23. The second-order valence-electron chi connectivity index (χ2n) is 6.47. The highest BCUT2D eigenvalue weighted by atomic mass is 127. The van der Waals surface area contributed by atoms with Crippen LogP contribution in [0.25, 0.3) is 0 Å². The number of benzene rings is 1. The molecule has 2 aromatic rings. The molecule has 2 N–H and O–H groups in total. The van der Waals surface area contributed by atoms with Crippen LogP contribution in [0.3, 0.4) is 0 Å². The fourth-order valence-electron chi connectivity index (χ4n) is 2.91. The van der Waals surface area contributed by atoms with Crippen LogP contribution < -0.4 is 20.1 Å². The topological polar surface area (TPSA) is 67.8 Å². The van der Waals surface area contributed by atoms with Gasteiger partial charge in [-0.25, -0.2) is 9.98 Å². The Kier molecular flexibility index (Phi) is 9.76. The van der Waals surface area contributed by atoms with Crippen LogP contribution in [0.15, 0.2) is 59.7 Å². The summed E-state index contributed by atoms with van der Waals surface area (Å²) in [6, 6.07) is 11.9. The van der Waals surface area contributed by atoms with Crippen LogP contribution in [-0.2, 0) is 6.54 Å². The van der Waals surface area contributed by atoms with Crippen molar-refractivity contribution in [3.8, 4) is 17.4 Å². The quantitative estimate of drug-likeness (QED) is 0.235. The van der Waals surface area contributed by atoms with Gasteiger partial charge in [-0.05, 0) is 44.4 Å². The van der Waals surface area contributed by atoms with Crippen LogP contribution in [0.1, 0.15) is 32.3 Å². The number of ether oxygens (including phenoxy) is 2. The number of guanidine groups is 1. The van der Waals surface area contributed by atoms with Gasteiger partial charge in [-0.2, -0.15) is 0 Å². The lowest BCUT2D eigenvalue weighted by Crippen LogP contribution is -2.42. The number of hydrogen-bond donors (Lipinski definition) is 2. The molecule has 1 aliphatic rings. The molecular formula is C22H29IN4O2. The van der Waals surface area contributed by atoms with E-state index in [1.807, 2.05) is 43.3 Å². The highest BCUT2D eigenvalue weighted by Gasteiger charge is 2.11. The molecular weight excluding hydrogens is 479 g/mol. The Morgan fingerprint density at radius 2 is 1.86 bits per heavy atom. The molecule has 1 aromatic heterocycles. The molecule has 1 aromatic carbocycles. The number of nitrogens with one attached hydrogen (secondary N) is 2. The lowest BCUT2D eigenvalue weighted by Gasteiger charge is -2.16. The molecule has 0 amide bonds. The highest BCUT2D eigenvalue weighted by molar-refractivity contribution is 14.0. The van der Waals surface area contributed by atoms with E-state index in [0.717, 1.165) is 30.9 Å². The molecule has 0 bridgehead atoms. The predicted octanol–water partition coefficient (Wildman–Crippen LogP) is 4.66. The van der Waals surface area contributed by atoms with E-state index >= 15 is 0 Å². The average Bonchev–Trinajstić information content (AvgIpc) is 3.22. The Hall–Kier alpha value is -2.29. The summed E-state index contributed by atoms with van der Waals surface area (Å²) in [6.45, 7) is 5.99. The van der Waals surface area contributed by atoms with Crippen molar-refractivity contribution in [2.24, 2.45) is 4.99 Å². The number of halogens is 1. The van der Waals surface area contributed by atoms with Crippen molar-refractivity contribution in [1.82, 2.24) is 15.6 Å². The molecule has 0 saturated carbocycles. The monoisotopic (exact) mass is 508 g/mol. The number of rotatable bonds is 8. The molecule has 0 unspecified atom stereocenters. The van der Waals surface area contributed by atoms with E-state index in [1.165, 1.54) is 0 Å². The van der Waals surface area contributed by atoms with Crippen molar-refractivity contribution in [2.75, 3.05) is 13.2 Å². The minimum atomic E-state index is 0. The summed E-state index contributed by atoms with van der Waals surface area (Å²) in [4.78, 5) is 9.07. The normalized spacial score (nSPS) is 13.7. The minimum absolute atomic E-state index is 0. The summed E-state index contributed by atoms with van der Waals surface area (Å²) in [6.07, 6.45) is 8.28. The Labute approximate surface area is 189 Å². The molecule has 1 heterocycles. The second kappa shape index (κ2) is 12.3. The Bertz CT molecular complexity index is 801. The van der Waals surface area contributed by atoms with Gasteiger partial charge in [0.05, 0.1) is 13.2 Å². The van der Waals surface area contributed by atoms with Gasteiger partial charge in [0.1, 0.15) is 0 Å². The number of aromatic nitrogens is 1. The average molecular weight is 508 g/mol. The molecule has 29 heavy (non-hydrogen) atoms. The van der Waals surface area contributed by atoms with Gasteiger partial charge >= 0.3 is 0 Å². The van der Waals surface area contributed by atoms with Gasteiger partial charge in [0.2, 0.25) is 5.88 Å². The Balaban J connectivity index is 0.00000300. The van der Waals surface area contributed by atoms with Gasteiger partial charge in [0, 0.05) is 24.8 Å². The zero-order valence-electron chi connectivity index (χ0n) is 16.9. The number of para-hydroxylation sites is 2. The predicted molar refractivity (Wildman–Crippen MR) is 127 cm³/mol. The number of hydrogen-bond acceptors (Lipinski definition) is 4. The van der Waals surface area contributed by atoms with Crippen molar-refractivity contribution in [1.29, 1.82) is 0 Å². The van der Waals surface area contributed by atoms with Gasteiger partial charge in [-0.1, -0.05) is 30.4 Å². The van der Waals surface area contributed by atoms with Gasteiger partial charge in [-0.3, -0.25) is 0 Å². The van der Waals surface area contributed by atoms with Crippen molar-refractivity contribution in [3.05, 3.63) is 60.3 Å². The van der Waals surface area contributed by atoms with E-state index in [1.54, 1.807) is 6.20 Å². The zero-order valence-corrected chi connectivity index (χ0v) is 19.3. The maximum absolute atomic E-state index is 5.87. The van der Waals surface area contributed by atoms with Crippen LogP contribution in [0, 0.1) is 0 Å². The van der Waals surface area contributed by atoms with Crippen LogP contribution in [-0.4, -0.2) is 30.1 Å². The van der Waals surface area contributed by atoms with Crippen LogP contribution >= 0.6 is 24.0 Å². The Morgan fingerprint density at radius 3 is 2.52 bits per heavy atom. The summed E-state index contributed by atoms with van der Waals surface area (Å²) >= 11 is 0. The minimum Gasteiger partial charge on any atom is -0.490 e. The standard InChI is InChI=1S/C22H28N4O2.HI/c1-3-23-22(26-18-9-5-6-10-18)25-16-17-13-14-21(24-15-17)28-20-12-8-7-11-19(20)27-4-2;/h5-8,11-15,18H,3-4,9-10,16H2,1-2H3,(H2,23,25,26);1H. The molecule has 0 atom stereocenters. The first-order valence-corrected chi connectivity index (χ1v) is 9.83. The zero-order chi connectivity index (χ0) is 19.6. The van der Waals surface area contributed by atoms with E-state index in [4.69, 9.17) is 9.47 Å². The van der Waals surface area contributed by atoms with Gasteiger partial charge in [0.25, 0.3) is 0 Å². The smallest absolute Gasteiger partial charge is 0.219 e. The SMILES string of the molecule is CCNC(=NCc1ccc(Oc2ccccc2OCC)nc1)NC1CC=CC1.I. The molecule has 0 spiro atoms. The number of nitrogens with zero attached hydrogens (tertiary/aromatic N) is 2. The summed E-state index contributed by atoms with van der Waals surface area (Å²) in [5.41, 5.74) is 1.02. The maximum Gasteiger partial charge on any atom is 0.219 e. The molecule has 0 saturated heterocycles. The van der Waals surface area contributed by atoms with Crippen molar-refractivity contribution in [2.45, 2.75) is 39.3 Å². The first-order chi connectivity index (χ1) is 13.8. The van der Waals surface area contributed by atoms with E-state index in [0.29, 0.717) is 36.6 Å². The lowest BCUT2D eigenvalue weighted by molar-refractivity contribution is 0.319. The molecule has 0 aliphatic heterocycles. The van der Waals surface area contributed by atoms with Crippen molar-refractivity contribution >= 4 is 29.9 Å². The summed E-state index contributed by atoms with van der Waals surface area (Å²) < 4.78 is 11.5. The summed E-state index contributed by atoms with van der Waals surface area (Å²) in [5, 5.41) is 6.76. The van der Waals surface area contributed by atoms with Gasteiger partial charge in [-0.15, -0.1) is 24.0 Å². The van der Waals surface area contributed by atoms with Crippen LogP contribution in [0.5, 0.6) is 17.4 Å². The number of aliphatic imine (C=N–C) groups is 1. The van der Waals surface area contributed by atoms with E-state index in [-0.39, 0.29) is 24.0 Å². The molecule has 6 nitrogen and oxygen atoms in total. The third-order valence-electron chi connectivity index (χ3n) is 4.27. The van der Waals surface area contributed by atoms with Gasteiger partial charge in [0.15, 0.2) is 17.5 Å². The fraction of sp³-hybridized carbons (Fsp3) is 0.364. The first-order valence-electron chi connectivity index (χ1n) is 9.83. The fourth-order valence-corrected chi connectivity index (χ4v) is 2.91. The molecule has 0 fully saturated rings. The summed E-state index contributed by atoms with van der Waals surface area (Å²) in [7, 11) is 0. The molecule has 7 heteroatoms. The highest BCUT2D eigenvalue weighted by Crippen LogP contribution is 2.30. The van der Waals surface area contributed by atoms with E-state index in [9.17, 15) is 0 Å². The van der Waals surface area contributed by atoms with Crippen LogP contribution in [0.4, 0.5) is 0 Å².